The fraction of sp³-hybridized carbons (Fsp3) is 0.200. The van der Waals surface area contributed by atoms with Gasteiger partial charge < -0.3 is 20.1 Å². The molecule has 8 rings (SSSR count). The van der Waals surface area contributed by atoms with Crippen molar-refractivity contribution in [1.29, 1.82) is 0 Å². The molecule has 3 amide bonds. The minimum Gasteiger partial charge on any atom is -0.396 e. The highest BCUT2D eigenvalue weighted by molar-refractivity contribution is 6.50. The van der Waals surface area contributed by atoms with E-state index >= 15 is 0 Å². The maximum Gasteiger partial charge on any atom is 0.259 e. The van der Waals surface area contributed by atoms with Crippen LogP contribution in [0.5, 0.6) is 0 Å². The maximum absolute atomic E-state index is 12.9. The van der Waals surface area contributed by atoms with Crippen molar-refractivity contribution >= 4 is 61.4 Å². The molecule has 0 spiro atoms. The lowest BCUT2D eigenvalue weighted by Crippen LogP contribution is -2.22. The fourth-order valence-corrected chi connectivity index (χ4v) is 6.29. The zero-order valence-electron chi connectivity index (χ0n) is 27.1. The summed E-state index contributed by atoms with van der Waals surface area (Å²) in [5.41, 5.74) is 9.03. The second kappa shape index (κ2) is 15.5. The Hall–Kier alpha value is -5.64. The molecule has 9 nitrogen and oxygen atoms in total. The topological polar surface area (TPSA) is 137 Å². The van der Waals surface area contributed by atoms with Crippen LogP contribution in [0.3, 0.4) is 0 Å². The first-order chi connectivity index (χ1) is 24.0. The van der Waals surface area contributed by atoms with E-state index < -0.39 is 11.8 Å². The van der Waals surface area contributed by atoms with Gasteiger partial charge in [-0.15, -0.1) is 0 Å². The third-order valence-electron chi connectivity index (χ3n) is 8.52. The van der Waals surface area contributed by atoms with Gasteiger partial charge in [0.15, 0.2) is 0 Å². The van der Waals surface area contributed by atoms with Crippen LogP contribution in [0.15, 0.2) is 109 Å². The van der Waals surface area contributed by atoms with Crippen molar-refractivity contribution in [2.75, 3.05) is 19.8 Å². The normalized spacial score (nSPS) is 14.1. The van der Waals surface area contributed by atoms with E-state index in [1.807, 2.05) is 108 Å². The van der Waals surface area contributed by atoms with Gasteiger partial charge in [-0.05, 0) is 64.1 Å². The third-order valence-corrected chi connectivity index (χ3v) is 8.52. The van der Waals surface area contributed by atoms with E-state index in [-0.39, 0.29) is 12.5 Å². The Kier molecular flexibility index (Phi) is 10.5. The molecule has 2 aliphatic rings. The summed E-state index contributed by atoms with van der Waals surface area (Å²) in [7, 11) is 0. The van der Waals surface area contributed by atoms with Crippen molar-refractivity contribution in [3.05, 3.63) is 126 Å². The van der Waals surface area contributed by atoms with Gasteiger partial charge in [0.2, 0.25) is 5.91 Å². The molecule has 49 heavy (non-hydrogen) atoms. The first-order valence-corrected chi connectivity index (χ1v) is 16.4. The van der Waals surface area contributed by atoms with Crippen LogP contribution in [0.2, 0.25) is 0 Å². The Morgan fingerprint density at radius 3 is 2.06 bits per heavy atom. The minimum absolute atomic E-state index is 0.0603. The van der Waals surface area contributed by atoms with Gasteiger partial charge in [0.25, 0.3) is 11.8 Å². The molecule has 0 unspecified atom stereocenters. The predicted molar refractivity (Wildman–Crippen MR) is 192 cm³/mol. The highest BCUT2D eigenvalue weighted by Gasteiger charge is 2.34. The number of rotatable bonds is 7. The second-order valence-corrected chi connectivity index (χ2v) is 11.8. The molecule has 4 aromatic carbocycles. The zero-order chi connectivity index (χ0) is 34.2. The summed E-state index contributed by atoms with van der Waals surface area (Å²) >= 11 is 0. The molecule has 2 aliphatic heterocycles. The van der Waals surface area contributed by atoms with Crippen molar-refractivity contribution in [1.82, 2.24) is 14.9 Å². The molecule has 0 atom stereocenters. The fourth-order valence-electron chi connectivity index (χ4n) is 6.29. The number of ether oxygens (including phenoxy) is 1. The van der Waals surface area contributed by atoms with Crippen molar-refractivity contribution in [3.8, 4) is 0 Å². The second-order valence-electron chi connectivity index (χ2n) is 11.8. The van der Waals surface area contributed by atoms with Gasteiger partial charge in [-0.25, -0.2) is 4.98 Å². The van der Waals surface area contributed by atoms with Crippen LogP contribution in [0.25, 0.3) is 43.7 Å². The molecule has 4 N–H and O–H groups in total. The van der Waals surface area contributed by atoms with Gasteiger partial charge in [0.05, 0.1) is 17.6 Å². The number of hydrogen-bond donors (Lipinski definition) is 3. The van der Waals surface area contributed by atoms with Crippen LogP contribution in [0, 0.1) is 0 Å². The molecule has 6 aromatic rings. The van der Waals surface area contributed by atoms with Gasteiger partial charge >= 0.3 is 0 Å². The Bertz CT molecular complexity index is 2160. The molecular formula is C40H38N4O5. The number of imide groups is 1. The molecule has 0 saturated carbocycles. The van der Waals surface area contributed by atoms with E-state index in [0.29, 0.717) is 36.1 Å². The van der Waals surface area contributed by atoms with E-state index in [2.05, 4.69) is 10.3 Å². The summed E-state index contributed by atoms with van der Waals surface area (Å²) in [6.07, 6.45) is 6.98. The lowest BCUT2D eigenvalue weighted by Gasteiger charge is -2.08. The molecule has 0 aliphatic carbocycles. The average Bonchev–Trinajstić information content (AvgIpc) is 3.88. The summed E-state index contributed by atoms with van der Waals surface area (Å²) in [5.74, 6) is -1.10. The van der Waals surface area contributed by atoms with E-state index in [4.69, 9.17) is 10.5 Å². The van der Waals surface area contributed by atoms with Gasteiger partial charge in [0.1, 0.15) is 5.65 Å². The zero-order valence-corrected chi connectivity index (χ0v) is 27.1. The van der Waals surface area contributed by atoms with Gasteiger partial charge in [-0.3, -0.25) is 19.7 Å². The number of amides is 3. The van der Waals surface area contributed by atoms with E-state index in [1.54, 1.807) is 6.20 Å². The molecule has 0 bridgehead atoms. The lowest BCUT2D eigenvalue weighted by molar-refractivity contribution is -0.123. The first-order valence-electron chi connectivity index (χ1n) is 16.4. The minimum atomic E-state index is -0.409. The van der Waals surface area contributed by atoms with Crippen LogP contribution >= 0.6 is 0 Å². The molecular weight excluding hydrogens is 616 g/mol. The number of fused-ring (bicyclic) bond motifs is 3. The molecule has 9 heteroatoms. The molecule has 2 aromatic heterocycles. The largest absolute Gasteiger partial charge is 0.396 e. The molecule has 248 valence electrons. The monoisotopic (exact) mass is 654 g/mol. The number of aliphatic hydroxyl groups excluding tert-OH is 1. The summed E-state index contributed by atoms with van der Waals surface area (Å²) < 4.78 is 6.87. The Morgan fingerprint density at radius 1 is 0.776 bits per heavy atom. The van der Waals surface area contributed by atoms with Crippen molar-refractivity contribution in [3.63, 3.8) is 0 Å². The number of aliphatic hydroxyl groups is 1. The summed E-state index contributed by atoms with van der Waals surface area (Å²) in [4.78, 5) is 41.1. The first kappa shape index (κ1) is 33.3. The van der Waals surface area contributed by atoms with Crippen LogP contribution in [0.4, 0.5) is 0 Å². The maximum atomic E-state index is 12.9. The number of benzene rings is 4. The Balaban J connectivity index is 0.000000180. The number of aromatic nitrogens is 2. The SMILES string of the molecule is C1CCOC1.NC(=O)Cc1cccc2ccccc12.O=C1NC(=O)C(c2cn(CCCO)c3ncccc23)=C1c1cccc2ccccc12. The van der Waals surface area contributed by atoms with Crippen LogP contribution in [0.1, 0.15) is 36.0 Å². The molecule has 1 saturated heterocycles. The number of pyridine rings is 1. The number of hydrogen-bond acceptors (Lipinski definition) is 6. The van der Waals surface area contributed by atoms with Crippen LogP contribution < -0.4 is 11.1 Å². The van der Waals surface area contributed by atoms with E-state index in [9.17, 15) is 19.5 Å². The highest BCUT2D eigenvalue weighted by Crippen LogP contribution is 2.38. The van der Waals surface area contributed by atoms with Gasteiger partial charge in [-0.1, -0.05) is 84.9 Å². The lowest BCUT2D eigenvalue weighted by atomic mass is 9.93. The summed E-state index contributed by atoms with van der Waals surface area (Å²) in [6, 6.07) is 31.2. The third kappa shape index (κ3) is 7.43. The number of primary amides is 1. The van der Waals surface area contributed by atoms with Crippen molar-refractivity contribution in [2.24, 2.45) is 5.73 Å². The Labute approximate surface area is 284 Å². The van der Waals surface area contributed by atoms with Crippen molar-refractivity contribution < 1.29 is 24.2 Å². The number of carbonyl (C=O) groups is 3. The number of aryl methyl sites for hydroxylation is 1. The summed E-state index contributed by atoms with van der Waals surface area (Å²) in [6.45, 7) is 2.63. The van der Waals surface area contributed by atoms with Crippen LogP contribution in [-0.4, -0.2) is 52.2 Å². The average molecular weight is 655 g/mol. The van der Waals surface area contributed by atoms with E-state index in [1.165, 1.54) is 12.8 Å². The number of nitrogens with one attached hydrogen (secondary N) is 1. The molecule has 1 fully saturated rings. The quantitative estimate of drug-likeness (QED) is 0.186. The number of nitrogens with zero attached hydrogens (tertiary/aromatic N) is 2. The van der Waals surface area contributed by atoms with Gasteiger partial charge in [-0.2, -0.15) is 0 Å². The van der Waals surface area contributed by atoms with Gasteiger partial charge in [0, 0.05) is 49.7 Å². The standard InChI is InChI=1S/C24H19N3O3.C12H11NO.C4H8O/c28-13-5-12-27-14-19(18-10-4-11-25-22(18)27)21-20(23(29)26-24(21)30)17-9-3-7-15-6-1-2-8-16(15)17;13-12(14)8-10-6-3-5-9-4-1-2-7-11(9)10;1-2-4-5-3-1/h1-4,6-11,14,28H,5,12-13H2,(H,26,29,30);1-7H,8H2,(H2,13,14);1-4H2. The van der Waals surface area contributed by atoms with Crippen molar-refractivity contribution in [2.45, 2.75) is 32.2 Å². The predicted octanol–water partition coefficient (Wildman–Crippen LogP) is 5.80. The smallest absolute Gasteiger partial charge is 0.259 e. The molecule has 4 heterocycles. The highest BCUT2D eigenvalue weighted by atomic mass is 16.5. The number of nitrogens with two attached hydrogens (primary N) is 1. The molecule has 0 radical (unpaired) electrons. The van der Waals surface area contributed by atoms with E-state index in [0.717, 1.165) is 56.9 Å². The van der Waals surface area contributed by atoms with Crippen LogP contribution in [-0.2, 0) is 32.1 Å². The number of carbonyl (C=O) groups excluding carboxylic acids is 3. The summed E-state index contributed by atoms with van der Waals surface area (Å²) in [5, 5.41) is 16.7. The Morgan fingerprint density at radius 2 is 1.39 bits per heavy atom.